The number of aliphatic hydroxyl groups excluding tert-OH is 8. The first kappa shape index (κ1) is 55.9. The van der Waals surface area contributed by atoms with Crippen molar-refractivity contribution in [3.8, 4) is 0 Å². The Morgan fingerprint density at radius 1 is 0.662 bits per heavy atom. The van der Waals surface area contributed by atoms with Gasteiger partial charge in [-0.2, -0.15) is 0 Å². The Balaban J connectivity index is 1.86. The predicted octanol–water partition coefficient (Wildman–Crippen LogP) is 1.99. The molecule has 19 atom stereocenters. The van der Waals surface area contributed by atoms with Gasteiger partial charge in [-0.1, -0.05) is 106 Å². The molecule has 0 saturated carbocycles. The van der Waals surface area contributed by atoms with Crippen molar-refractivity contribution >= 4 is 11.9 Å². The van der Waals surface area contributed by atoms with Crippen LogP contribution in [0.15, 0.2) is 85.1 Å². The highest BCUT2D eigenvalue weighted by Crippen LogP contribution is 2.38. The van der Waals surface area contributed by atoms with Gasteiger partial charge in [0, 0.05) is 43.6 Å². The molecule has 2 bridgehead atoms. The summed E-state index contributed by atoms with van der Waals surface area (Å²) in [6.45, 7) is 8.84. The predicted molar refractivity (Wildman–Crippen MR) is 240 cm³/mol. The number of cyclic esters (lactones) is 1. The van der Waals surface area contributed by atoms with E-state index < -0.39 is 141 Å². The van der Waals surface area contributed by atoms with Crippen LogP contribution < -0.4 is 5.73 Å². The van der Waals surface area contributed by atoms with Gasteiger partial charge in [-0.3, -0.25) is 9.59 Å². The summed E-state index contributed by atoms with van der Waals surface area (Å²) >= 11 is 0. The molecule has 3 heterocycles. The lowest BCUT2D eigenvalue weighted by Gasteiger charge is -2.45. The third-order valence-electron chi connectivity index (χ3n) is 12.5. The summed E-state index contributed by atoms with van der Waals surface area (Å²) in [5.41, 5.74) is 6.27. The summed E-state index contributed by atoms with van der Waals surface area (Å²) in [6.07, 6.45) is 6.31. The minimum atomic E-state index is -2.29. The van der Waals surface area contributed by atoms with E-state index in [1.165, 1.54) is 0 Å². The van der Waals surface area contributed by atoms with Gasteiger partial charge >= 0.3 is 11.9 Å². The second-order valence-corrected chi connectivity index (χ2v) is 17.9. The summed E-state index contributed by atoms with van der Waals surface area (Å²) in [5.74, 6) is -6.91. The monoisotopic (exact) mass is 922 g/mol. The molecule has 2 fully saturated rings. The van der Waals surface area contributed by atoms with Crippen LogP contribution in [-0.2, 0) is 28.5 Å². The number of hydrogen-bond donors (Lipinski definition) is 11. The molecular weight excluding hydrogens is 847 g/mol. The fourth-order valence-corrected chi connectivity index (χ4v) is 8.12. The van der Waals surface area contributed by atoms with E-state index in [2.05, 4.69) is 0 Å². The zero-order valence-corrected chi connectivity index (χ0v) is 38.1. The number of aliphatic hydroxyl groups is 9. The molecule has 0 radical (unpaired) electrons. The highest BCUT2D eigenvalue weighted by atomic mass is 16.7. The van der Waals surface area contributed by atoms with Crippen molar-refractivity contribution in [2.45, 2.75) is 177 Å². The van der Waals surface area contributed by atoms with Gasteiger partial charge in [-0.15, -0.1) is 0 Å². The first-order chi connectivity index (χ1) is 30.6. The topological polar surface area (TPSA) is 299 Å². The average molecular weight is 922 g/mol. The third-order valence-corrected chi connectivity index (χ3v) is 12.5. The van der Waals surface area contributed by atoms with Crippen LogP contribution in [0.1, 0.15) is 86.0 Å². The zero-order chi connectivity index (χ0) is 48.4. The maximum atomic E-state index is 12.6. The Labute approximate surface area is 382 Å². The number of carboxylic acid groups (broad SMARTS) is 1. The smallest absolute Gasteiger partial charge is 0.311 e. The van der Waals surface area contributed by atoms with Crippen LogP contribution in [0, 0.1) is 23.7 Å². The van der Waals surface area contributed by atoms with Crippen molar-refractivity contribution in [2.75, 3.05) is 0 Å². The van der Waals surface area contributed by atoms with Crippen molar-refractivity contribution < 1.29 is 79.6 Å². The SMILES string of the molecule is C[C@@H]1[C@H](O)[C@@H](C)/C=C/C=C/C=C/C=C/C=C/C=C/C=C/[C@H](O[C@@H]2O[C@H](C)[C@@H](C)[C@H](N)[C@H]2O)CC2O[C@](O)(CC(O)C[C@@H](O)[C@H](O)CC[C@@H](O)C[C@@H](O)CC(=O)O[C@H]1C)C[C@H](O)[C@H]2C(=O)O. The molecule has 3 aliphatic heterocycles. The fourth-order valence-electron chi connectivity index (χ4n) is 8.12. The van der Waals surface area contributed by atoms with Gasteiger partial charge in [-0.05, 0) is 39.0 Å². The summed E-state index contributed by atoms with van der Waals surface area (Å²) in [5, 5.41) is 108. The molecule has 0 spiro atoms. The standard InChI is InChI=1S/C48H75NO16/c1-28-18-16-14-12-10-8-6-7-9-11-13-15-17-19-36(64-47-45(58)43(49)29(2)31(4)63-47)25-40-42(46(59)60)39(55)27-48(61,65-40)26-35(52)23-38(54)37(53)21-20-33(50)22-34(51)24-41(56)62-32(5)30(3)44(28)57/h6-19,28-40,42-45,47,50-55,57-58,61H,20-27,49H2,1-5H3,(H,59,60)/b7-6+,10-8+,11-9+,14-12+,15-13+,18-16+,19-17+/t28-,29+,30-,31+,32-,33+,34+,35?,36-,37+,38+,39-,40?,42+,43-,44+,45+,47-,48+/m0/s1. The molecule has 0 aromatic rings. The molecule has 0 aromatic carbocycles. The minimum absolute atomic E-state index is 0.0948. The molecule has 0 aliphatic carbocycles. The van der Waals surface area contributed by atoms with E-state index >= 15 is 0 Å². The number of allylic oxidation sites excluding steroid dienone is 12. The average Bonchev–Trinajstić information content (AvgIpc) is 3.21. The van der Waals surface area contributed by atoms with E-state index in [1.807, 2.05) is 50.3 Å². The van der Waals surface area contributed by atoms with E-state index in [0.29, 0.717) is 0 Å². The van der Waals surface area contributed by atoms with Crippen LogP contribution in [0.25, 0.3) is 0 Å². The molecule has 17 nitrogen and oxygen atoms in total. The van der Waals surface area contributed by atoms with E-state index in [4.69, 9.17) is 24.7 Å². The first-order valence-corrected chi connectivity index (χ1v) is 22.6. The number of carboxylic acids is 1. The normalized spacial score (nSPS) is 45.5. The summed E-state index contributed by atoms with van der Waals surface area (Å²) < 4.78 is 23.6. The summed E-state index contributed by atoms with van der Waals surface area (Å²) in [4.78, 5) is 25.1. The zero-order valence-electron chi connectivity index (χ0n) is 38.1. The number of rotatable bonds is 3. The highest BCUT2D eigenvalue weighted by molar-refractivity contribution is 5.71. The van der Waals surface area contributed by atoms with Gasteiger partial charge in [0.25, 0.3) is 0 Å². The van der Waals surface area contributed by atoms with Crippen LogP contribution in [0.4, 0.5) is 0 Å². The second-order valence-electron chi connectivity index (χ2n) is 17.9. The van der Waals surface area contributed by atoms with Crippen LogP contribution in [0.2, 0.25) is 0 Å². The molecule has 17 heteroatoms. The van der Waals surface area contributed by atoms with E-state index in [9.17, 15) is 60.7 Å². The molecule has 2 saturated heterocycles. The summed E-state index contributed by atoms with van der Waals surface area (Å²) in [6, 6.07) is -0.704. The maximum absolute atomic E-state index is 12.6. The third kappa shape index (κ3) is 18.7. The Hall–Kier alpha value is -3.40. The van der Waals surface area contributed by atoms with Crippen LogP contribution >= 0.6 is 0 Å². The molecule has 2 unspecified atom stereocenters. The van der Waals surface area contributed by atoms with Crippen molar-refractivity contribution in [2.24, 2.45) is 29.4 Å². The number of esters is 1. The molecule has 12 N–H and O–H groups in total. The number of aliphatic carboxylic acids is 1. The van der Waals surface area contributed by atoms with Crippen LogP contribution in [0.5, 0.6) is 0 Å². The lowest BCUT2D eigenvalue weighted by molar-refractivity contribution is -0.307. The van der Waals surface area contributed by atoms with Gasteiger partial charge in [0.15, 0.2) is 12.1 Å². The Morgan fingerprint density at radius 3 is 1.82 bits per heavy atom. The number of carbonyl (C=O) groups excluding carboxylic acids is 1. The molecule has 3 rings (SSSR count). The van der Waals surface area contributed by atoms with E-state index in [0.717, 1.165) is 0 Å². The molecule has 368 valence electrons. The lowest BCUT2D eigenvalue weighted by Crippen LogP contribution is -2.58. The fraction of sp³-hybridized carbons (Fsp3) is 0.667. The van der Waals surface area contributed by atoms with Gasteiger partial charge in [0.2, 0.25) is 0 Å². The Kier molecular flexibility index (Phi) is 23.6. The van der Waals surface area contributed by atoms with Crippen molar-refractivity contribution in [3.05, 3.63) is 85.1 Å². The molecular formula is C48H75NO16. The summed E-state index contributed by atoms with van der Waals surface area (Å²) in [7, 11) is 0. The van der Waals surface area contributed by atoms with Gasteiger partial charge < -0.3 is 75.7 Å². The first-order valence-electron chi connectivity index (χ1n) is 22.6. The number of carbonyl (C=O) groups is 2. The quantitative estimate of drug-likeness (QED) is 0.180. The number of nitrogens with two attached hydrogens (primary N) is 1. The van der Waals surface area contributed by atoms with Gasteiger partial charge in [-0.25, -0.2) is 0 Å². The Bertz CT molecular complexity index is 1660. The largest absolute Gasteiger partial charge is 0.481 e. The second kappa shape index (κ2) is 27.4. The van der Waals surface area contributed by atoms with E-state index in [1.54, 1.807) is 69.4 Å². The van der Waals surface area contributed by atoms with E-state index in [-0.39, 0.29) is 37.5 Å². The molecule has 0 aromatic heterocycles. The van der Waals surface area contributed by atoms with Crippen molar-refractivity contribution in [1.82, 2.24) is 0 Å². The minimum Gasteiger partial charge on any atom is -0.481 e. The van der Waals surface area contributed by atoms with Crippen LogP contribution in [0.3, 0.4) is 0 Å². The molecule has 3 aliphatic rings. The van der Waals surface area contributed by atoms with Crippen LogP contribution in [-0.4, -0.2) is 154 Å². The molecule has 0 amide bonds. The molecule has 65 heavy (non-hydrogen) atoms. The lowest BCUT2D eigenvalue weighted by atomic mass is 9.82. The Morgan fingerprint density at radius 2 is 1.23 bits per heavy atom. The van der Waals surface area contributed by atoms with Gasteiger partial charge in [0.1, 0.15) is 18.1 Å². The highest BCUT2D eigenvalue weighted by Gasteiger charge is 2.51. The number of fused-ring (bicyclic) bond motifs is 2. The van der Waals surface area contributed by atoms with Gasteiger partial charge in [0.05, 0.1) is 67.5 Å². The van der Waals surface area contributed by atoms with Crippen molar-refractivity contribution in [3.63, 3.8) is 0 Å². The number of hydrogen-bond acceptors (Lipinski definition) is 16. The van der Waals surface area contributed by atoms with Crippen molar-refractivity contribution in [1.29, 1.82) is 0 Å². The maximum Gasteiger partial charge on any atom is 0.311 e. The number of ether oxygens (including phenoxy) is 4.